The van der Waals surface area contributed by atoms with Crippen LogP contribution in [0.25, 0.3) is 0 Å². The topological polar surface area (TPSA) is 78.4 Å². The Kier molecular flexibility index (Phi) is 7.40. The molecule has 6 heteroatoms. The molecule has 0 heterocycles. The van der Waals surface area contributed by atoms with Crippen molar-refractivity contribution in [3.8, 4) is 11.8 Å². The maximum atomic E-state index is 11.7. The lowest BCUT2D eigenvalue weighted by Gasteiger charge is -2.10. The number of aliphatic hydroxyl groups excluding tert-OH is 1. The van der Waals surface area contributed by atoms with E-state index in [4.69, 9.17) is 5.11 Å². The summed E-state index contributed by atoms with van der Waals surface area (Å²) in [4.78, 5) is 0. The standard InChI is InChI=1S/C15H22N2O3S/c1-13(2)11-16-21(19,20)17-12-15-8-6-14(7-9-15)5-3-4-10-18/h6-9,13,16-18H,4,10-12H2,1-2H3. The summed E-state index contributed by atoms with van der Waals surface area (Å²) >= 11 is 0. The second-order valence-electron chi connectivity index (χ2n) is 5.04. The maximum absolute atomic E-state index is 11.7. The van der Waals surface area contributed by atoms with Crippen LogP contribution in [-0.2, 0) is 16.8 Å². The van der Waals surface area contributed by atoms with Crippen LogP contribution in [0.15, 0.2) is 24.3 Å². The van der Waals surface area contributed by atoms with Crippen LogP contribution in [0.4, 0.5) is 0 Å². The molecule has 0 aliphatic heterocycles. The molecule has 0 bridgehead atoms. The average molecular weight is 310 g/mol. The third-order valence-electron chi connectivity index (χ3n) is 2.57. The molecule has 116 valence electrons. The minimum absolute atomic E-state index is 0.0518. The van der Waals surface area contributed by atoms with Gasteiger partial charge in [0.2, 0.25) is 0 Å². The molecule has 0 aliphatic rings. The fraction of sp³-hybridized carbons (Fsp3) is 0.467. The summed E-state index contributed by atoms with van der Waals surface area (Å²) in [5.74, 6) is 6.01. The number of hydrogen-bond donors (Lipinski definition) is 3. The van der Waals surface area contributed by atoms with Gasteiger partial charge in [0, 0.05) is 25.1 Å². The van der Waals surface area contributed by atoms with Crippen molar-refractivity contribution in [1.82, 2.24) is 9.44 Å². The van der Waals surface area contributed by atoms with Crippen molar-refractivity contribution >= 4 is 10.2 Å². The van der Waals surface area contributed by atoms with Gasteiger partial charge in [-0.2, -0.15) is 13.1 Å². The Morgan fingerprint density at radius 2 is 1.86 bits per heavy atom. The van der Waals surface area contributed by atoms with Gasteiger partial charge >= 0.3 is 0 Å². The van der Waals surface area contributed by atoms with E-state index >= 15 is 0 Å². The van der Waals surface area contributed by atoms with Crippen molar-refractivity contribution in [3.05, 3.63) is 35.4 Å². The van der Waals surface area contributed by atoms with E-state index in [2.05, 4.69) is 21.3 Å². The molecular formula is C15H22N2O3S. The Hall–Kier alpha value is -1.39. The van der Waals surface area contributed by atoms with Gasteiger partial charge in [-0.3, -0.25) is 0 Å². The highest BCUT2D eigenvalue weighted by Gasteiger charge is 2.09. The molecule has 0 fully saturated rings. The highest BCUT2D eigenvalue weighted by Crippen LogP contribution is 2.03. The van der Waals surface area contributed by atoms with Crippen LogP contribution >= 0.6 is 0 Å². The first-order valence-electron chi connectivity index (χ1n) is 6.86. The molecule has 0 aromatic heterocycles. The van der Waals surface area contributed by atoms with Crippen molar-refractivity contribution in [3.63, 3.8) is 0 Å². The quantitative estimate of drug-likeness (QED) is 0.658. The number of benzene rings is 1. The van der Waals surface area contributed by atoms with E-state index in [1.54, 1.807) is 0 Å². The molecular weight excluding hydrogens is 288 g/mol. The van der Waals surface area contributed by atoms with Gasteiger partial charge < -0.3 is 5.11 Å². The molecule has 0 atom stereocenters. The molecule has 0 saturated carbocycles. The Morgan fingerprint density at radius 3 is 2.43 bits per heavy atom. The minimum Gasteiger partial charge on any atom is -0.395 e. The monoisotopic (exact) mass is 310 g/mol. The fourth-order valence-corrected chi connectivity index (χ4v) is 2.44. The van der Waals surface area contributed by atoms with Crippen LogP contribution < -0.4 is 9.44 Å². The SMILES string of the molecule is CC(C)CNS(=O)(=O)NCc1ccc(C#CCCO)cc1. The predicted octanol–water partition coefficient (Wildman–Crippen LogP) is 1.00. The molecule has 3 N–H and O–H groups in total. The third kappa shape index (κ3) is 7.83. The summed E-state index contributed by atoms with van der Waals surface area (Å²) < 4.78 is 28.3. The number of rotatable bonds is 7. The van der Waals surface area contributed by atoms with Gasteiger partial charge in [0.15, 0.2) is 0 Å². The normalized spacial score (nSPS) is 11.2. The summed E-state index contributed by atoms with van der Waals surface area (Å²) in [6.45, 7) is 4.58. The molecule has 0 saturated heterocycles. The van der Waals surface area contributed by atoms with E-state index in [-0.39, 0.29) is 19.1 Å². The molecule has 0 spiro atoms. The Balaban J connectivity index is 2.51. The van der Waals surface area contributed by atoms with E-state index in [9.17, 15) is 8.42 Å². The molecule has 21 heavy (non-hydrogen) atoms. The Morgan fingerprint density at radius 1 is 1.19 bits per heavy atom. The average Bonchev–Trinajstić information content (AvgIpc) is 2.45. The van der Waals surface area contributed by atoms with Gasteiger partial charge in [-0.15, -0.1) is 0 Å². The van der Waals surface area contributed by atoms with Gasteiger partial charge in [0.1, 0.15) is 0 Å². The number of aliphatic hydroxyl groups is 1. The van der Waals surface area contributed by atoms with Crippen molar-refractivity contribution in [2.75, 3.05) is 13.2 Å². The number of hydrogen-bond acceptors (Lipinski definition) is 3. The number of nitrogens with one attached hydrogen (secondary N) is 2. The summed E-state index contributed by atoms with van der Waals surface area (Å²) in [6, 6.07) is 7.31. The molecule has 0 amide bonds. The van der Waals surface area contributed by atoms with E-state index < -0.39 is 10.2 Å². The molecule has 0 radical (unpaired) electrons. The zero-order chi connectivity index (χ0) is 15.7. The van der Waals surface area contributed by atoms with Crippen LogP contribution in [0.2, 0.25) is 0 Å². The van der Waals surface area contributed by atoms with E-state index in [0.717, 1.165) is 11.1 Å². The molecule has 0 unspecified atom stereocenters. The van der Waals surface area contributed by atoms with E-state index in [0.29, 0.717) is 13.0 Å². The minimum atomic E-state index is -3.46. The Bertz CT molecular complexity index is 584. The van der Waals surface area contributed by atoms with Crippen molar-refractivity contribution in [1.29, 1.82) is 0 Å². The highest BCUT2D eigenvalue weighted by molar-refractivity contribution is 7.87. The lowest BCUT2D eigenvalue weighted by Crippen LogP contribution is -2.37. The maximum Gasteiger partial charge on any atom is 0.277 e. The fourth-order valence-electron chi connectivity index (χ4n) is 1.43. The Labute approximate surface area is 127 Å². The zero-order valence-electron chi connectivity index (χ0n) is 12.4. The second kappa shape index (κ2) is 8.80. The lowest BCUT2D eigenvalue weighted by atomic mass is 10.1. The van der Waals surface area contributed by atoms with Crippen LogP contribution in [0.5, 0.6) is 0 Å². The molecule has 1 aromatic rings. The first-order valence-corrected chi connectivity index (χ1v) is 8.34. The molecule has 0 aliphatic carbocycles. The summed E-state index contributed by atoms with van der Waals surface area (Å²) in [6.07, 6.45) is 0.447. The van der Waals surface area contributed by atoms with E-state index in [1.807, 2.05) is 38.1 Å². The summed E-state index contributed by atoms with van der Waals surface area (Å²) in [5, 5.41) is 8.64. The van der Waals surface area contributed by atoms with Gasteiger partial charge in [-0.05, 0) is 23.6 Å². The molecule has 1 rings (SSSR count). The summed E-state index contributed by atoms with van der Waals surface area (Å²) in [7, 11) is -3.46. The largest absolute Gasteiger partial charge is 0.395 e. The van der Waals surface area contributed by atoms with Gasteiger partial charge in [-0.25, -0.2) is 4.72 Å². The highest BCUT2D eigenvalue weighted by atomic mass is 32.2. The van der Waals surface area contributed by atoms with Crippen LogP contribution in [0.1, 0.15) is 31.4 Å². The predicted molar refractivity (Wildman–Crippen MR) is 83.6 cm³/mol. The van der Waals surface area contributed by atoms with Crippen LogP contribution in [0, 0.1) is 17.8 Å². The molecule has 1 aromatic carbocycles. The van der Waals surface area contributed by atoms with Crippen LogP contribution in [0.3, 0.4) is 0 Å². The van der Waals surface area contributed by atoms with Crippen LogP contribution in [-0.4, -0.2) is 26.7 Å². The van der Waals surface area contributed by atoms with Crippen molar-refractivity contribution < 1.29 is 13.5 Å². The summed E-state index contributed by atoms with van der Waals surface area (Å²) in [5.41, 5.74) is 1.70. The van der Waals surface area contributed by atoms with Crippen molar-refractivity contribution in [2.24, 2.45) is 5.92 Å². The first kappa shape index (κ1) is 17.7. The van der Waals surface area contributed by atoms with Crippen molar-refractivity contribution in [2.45, 2.75) is 26.8 Å². The van der Waals surface area contributed by atoms with Gasteiger partial charge in [-0.1, -0.05) is 37.8 Å². The van der Waals surface area contributed by atoms with Gasteiger partial charge in [0.05, 0.1) is 6.61 Å². The third-order valence-corrected chi connectivity index (χ3v) is 3.64. The van der Waals surface area contributed by atoms with E-state index in [1.165, 1.54) is 0 Å². The smallest absolute Gasteiger partial charge is 0.277 e. The lowest BCUT2D eigenvalue weighted by molar-refractivity contribution is 0.305. The van der Waals surface area contributed by atoms with Gasteiger partial charge in [0.25, 0.3) is 10.2 Å². The second-order valence-corrected chi connectivity index (χ2v) is 6.62. The first-order chi connectivity index (χ1) is 9.93. The molecule has 5 nitrogen and oxygen atoms in total. The zero-order valence-corrected chi connectivity index (χ0v) is 13.2.